The molecule has 0 aromatic rings. The molecule has 0 bridgehead atoms. The molecule has 1 heteroatoms. The minimum Gasteiger partial charge on any atom is -0.263 e. The molecule has 0 amide bonds. The van der Waals surface area contributed by atoms with Gasteiger partial charge in [0.05, 0.1) is 0 Å². The Morgan fingerprint density at radius 3 is 1.82 bits per heavy atom. The highest BCUT2D eigenvalue weighted by Gasteiger charge is 2.01. The Bertz CT molecular complexity index is 164. The molecule has 0 saturated carbocycles. The molecule has 0 atom stereocenters. The standard InChI is InChI=1S/C10H19N/c1-7(2)9(5)11-10(6)8(3)4/h7-8H,5H2,1-4,6H3/b11-10+. The van der Waals surface area contributed by atoms with Crippen molar-refractivity contribution in [1.29, 1.82) is 0 Å². The summed E-state index contributed by atoms with van der Waals surface area (Å²) in [5, 5.41) is 0. The lowest BCUT2D eigenvalue weighted by Gasteiger charge is -2.07. The third-order valence-corrected chi connectivity index (χ3v) is 1.82. The van der Waals surface area contributed by atoms with E-state index in [0.29, 0.717) is 11.8 Å². The van der Waals surface area contributed by atoms with Gasteiger partial charge in [-0.1, -0.05) is 34.3 Å². The smallest absolute Gasteiger partial charge is 0.0356 e. The van der Waals surface area contributed by atoms with E-state index < -0.39 is 0 Å². The Labute approximate surface area is 70.2 Å². The van der Waals surface area contributed by atoms with Gasteiger partial charge in [-0.05, 0) is 18.8 Å². The number of aliphatic imine (C=N–C) groups is 1. The molecule has 0 aromatic heterocycles. The first-order chi connectivity index (χ1) is 4.95. The highest BCUT2D eigenvalue weighted by atomic mass is 14.8. The van der Waals surface area contributed by atoms with Crippen LogP contribution in [0.15, 0.2) is 17.3 Å². The zero-order valence-electron chi connectivity index (χ0n) is 8.31. The molecule has 0 aliphatic carbocycles. The fourth-order valence-electron chi connectivity index (χ4n) is 0.485. The summed E-state index contributed by atoms with van der Waals surface area (Å²) in [6, 6.07) is 0. The molecule has 11 heavy (non-hydrogen) atoms. The minimum atomic E-state index is 0.462. The van der Waals surface area contributed by atoms with Crippen LogP contribution in [0.2, 0.25) is 0 Å². The summed E-state index contributed by atoms with van der Waals surface area (Å²) in [6.45, 7) is 14.5. The average molecular weight is 153 g/mol. The zero-order chi connectivity index (χ0) is 9.02. The molecule has 0 radical (unpaired) electrons. The van der Waals surface area contributed by atoms with Gasteiger partial charge in [-0.3, -0.25) is 4.99 Å². The molecule has 1 nitrogen and oxygen atoms in total. The second kappa shape index (κ2) is 4.32. The van der Waals surface area contributed by atoms with Crippen LogP contribution in [-0.2, 0) is 0 Å². The second-order valence-corrected chi connectivity index (χ2v) is 3.55. The Morgan fingerprint density at radius 1 is 1.09 bits per heavy atom. The maximum absolute atomic E-state index is 4.40. The highest BCUT2D eigenvalue weighted by molar-refractivity contribution is 5.84. The number of nitrogens with zero attached hydrogens (tertiary/aromatic N) is 1. The van der Waals surface area contributed by atoms with Crippen molar-refractivity contribution < 1.29 is 0 Å². The van der Waals surface area contributed by atoms with Crippen molar-refractivity contribution in [3.8, 4) is 0 Å². The first kappa shape index (κ1) is 10.4. The average Bonchev–Trinajstić information content (AvgIpc) is 1.87. The summed E-state index contributed by atoms with van der Waals surface area (Å²) in [4.78, 5) is 4.40. The lowest BCUT2D eigenvalue weighted by atomic mass is 10.1. The number of hydrogen-bond donors (Lipinski definition) is 0. The van der Waals surface area contributed by atoms with Gasteiger partial charge in [0.25, 0.3) is 0 Å². The fraction of sp³-hybridized carbons (Fsp3) is 0.700. The van der Waals surface area contributed by atoms with Crippen molar-refractivity contribution in [2.45, 2.75) is 34.6 Å². The SMILES string of the molecule is C=C(/N=C(\C)C(C)C)C(C)C. The van der Waals surface area contributed by atoms with E-state index in [1.165, 1.54) is 5.71 Å². The highest BCUT2D eigenvalue weighted by Crippen LogP contribution is 2.10. The Hall–Kier alpha value is -0.590. The molecule has 0 unspecified atom stereocenters. The molecule has 0 heterocycles. The molecule has 0 spiro atoms. The lowest BCUT2D eigenvalue weighted by Crippen LogP contribution is -2.03. The molecule has 0 rings (SSSR count). The van der Waals surface area contributed by atoms with Crippen LogP contribution >= 0.6 is 0 Å². The van der Waals surface area contributed by atoms with Gasteiger partial charge in [-0.2, -0.15) is 0 Å². The van der Waals surface area contributed by atoms with E-state index in [9.17, 15) is 0 Å². The van der Waals surface area contributed by atoms with Gasteiger partial charge in [-0.15, -0.1) is 0 Å². The van der Waals surface area contributed by atoms with E-state index in [1.807, 2.05) is 0 Å². The van der Waals surface area contributed by atoms with E-state index >= 15 is 0 Å². The van der Waals surface area contributed by atoms with E-state index in [2.05, 4.69) is 46.2 Å². The van der Waals surface area contributed by atoms with Crippen LogP contribution in [0.25, 0.3) is 0 Å². The van der Waals surface area contributed by atoms with Crippen molar-refractivity contribution in [1.82, 2.24) is 0 Å². The Kier molecular flexibility index (Phi) is 4.09. The van der Waals surface area contributed by atoms with Crippen molar-refractivity contribution in [2.75, 3.05) is 0 Å². The summed E-state index contributed by atoms with van der Waals surface area (Å²) in [5.74, 6) is 0.995. The predicted octanol–water partition coefficient (Wildman–Crippen LogP) is 3.27. The molecular weight excluding hydrogens is 134 g/mol. The van der Waals surface area contributed by atoms with Crippen LogP contribution in [0, 0.1) is 11.8 Å². The predicted molar refractivity (Wildman–Crippen MR) is 51.9 cm³/mol. The fourth-order valence-corrected chi connectivity index (χ4v) is 0.485. The van der Waals surface area contributed by atoms with E-state index in [4.69, 9.17) is 0 Å². The first-order valence-electron chi connectivity index (χ1n) is 4.19. The Balaban J connectivity index is 4.20. The summed E-state index contributed by atoms with van der Waals surface area (Å²) in [6.07, 6.45) is 0. The van der Waals surface area contributed by atoms with Crippen LogP contribution < -0.4 is 0 Å². The van der Waals surface area contributed by atoms with Crippen molar-refractivity contribution in [3.63, 3.8) is 0 Å². The third kappa shape index (κ3) is 3.97. The number of hydrogen-bond acceptors (Lipinski definition) is 1. The van der Waals surface area contributed by atoms with Crippen LogP contribution in [0.5, 0.6) is 0 Å². The molecule has 0 aliphatic heterocycles. The molecule has 0 saturated heterocycles. The van der Waals surface area contributed by atoms with Gasteiger partial charge in [0.2, 0.25) is 0 Å². The summed E-state index contributed by atoms with van der Waals surface area (Å²) in [5.41, 5.74) is 2.15. The van der Waals surface area contributed by atoms with Crippen LogP contribution in [0.4, 0.5) is 0 Å². The van der Waals surface area contributed by atoms with Gasteiger partial charge in [0.1, 0.15) is 0 Å². The topological polar surface area (TPSA) is 12.4 Å². The quantitative estimate of drug-likeness (QED) is 0.552. The third-order valence-electron chi connectivity index (χ3n) is 1.82. The van der Waals surface area contributed by atoms with Crippen LogP contribution in [0.1, 0.15) is 34.6 Å². The number of allylic oxidation sites excluding steroid dienone is 1. The van der Waals surface area contributed by atoms with E-state index in [-0.39, 0.29) is 0 Å². The summed E-state index contributed by atoms with van der Waals surface area (Å²) < 4.78 is 0. The maximum Gasteiger partial charge on any atom is 0.0356 e. The largest absolute Gasteiger partial charge is 0.263 e. The minimum absolute atomic E-state index is 0.462. The number of rotatable bonds is 3. The van der Waals surface area contributed by atoms with Crippen LogP contribution in [0.3, 0.4) is 0 Å². The first-order valence-corrected chi connectivity index (χ1v) is 4.19. The zero-order valence-corrected chi connectivity index (χ0v) is 8.31. The van der Waals surface area contributed by atoms with Gasteiger partial charge in [0.15, 0.2) is 0 Å². The van der Waals surface area contributed by atoms with Crippen molar-refractivity contribution in [3.05, 3.63) is 12.3 Å². The van der Waals surface area contributed by atoms with Crippen molar-refractivity contribution >= 4 is 5.71 Å². The Morgan fingerprint density at radius 2 is 1.55 bits per heavy atom. The van der Waals surface area contributed by atoms with Gasteiger partial charge < -0.3 is 0 Å². The summed E-state index contributed by atoms with van der Waals surface area (Å²) in [7, 11) is 0. The van der Waals surface area contributed by atoms with Gasteiger partial charge in [-0.25, -0.2) is 0 Å². The molecular formula is C10H19N. The lowest BCUT2D eigenvalue weighted by molar-refractivity contribution is 0.754. The molecule has 0 aliphatic rings. The molecule has 0 aromatic carbocycles. The summed E-state index contributed by atoms with van der Waals surface area (Å²) >= 11 is 0. The molecule has 0 N–H and O–H groups in total. The maximum atomic E-state index is 4.40. The normalized spacial score (nSPS) is 12.8. The van der Waals surface area contributed by atoms with Crippen molar-refractivity contribution in [2.24, 2.45) is 16.8 Å². The van der Waals surface area contributed by atoms with Gasteiger partial charge in [0, 0.05) is 11.4 Å². The monoisotopic (exact) mass is 153 g/mol. The molecule has 0 fully saturated rings. The second-order valence-electron chi connectivity index (χ2n) is 3.55. The van der Waals surface area contributed by atoms with E-state index in [0.717, 1.165) is 5.70 Å². The van der Waals surface area contributed by atoms with Gasteiger partial charge >= 0.3 is 0 Å². The molecule has 64 valence electrons. The van der Waals surface area contributed by atoms with E-state index in [1.54, 1.807) is 0 Å². The van der Waals surface area contributed by atoms with Crippen LogP contribution in [-0.4, -0.2) is 5.71 Å².